The number of piperidine rings is 1. The molecule has 7 heteroatoms. The monoisotopic (exact) mass is 329 g/mol. The highest BCUT2D eigenvalue weighted by Gasteiger charge is 2.28. The third-order valence-corrected chi connectivity index (χ3v) is 4.45. The number of amides is 2. The molecule has 0 aliphatic carbocycles. The van der Waals surface area contributed by atoms with Gasteiger partial charge in [0, 0.05) is 38.3 Å². The number of carbonyl (C=O) groups excluding carboxylic acids is 1. The summed E-state index contributed by atoms with van der Waals surface area (Å²) in [5.74, 6) is 0.872. The Balaban J connectivity index is 1.74. The lowest BCUT2D eigenvalue weighted by Crippen LogP contribution is -2.42. The van der Waals surface area contributed by atoms with E-state index in [9.17, 15) is 9.59 Å². The highest BCUT2D eigenvalue weighted by Crippen LogP contribution is 2.25. The van der Waals surface area contributed by atoms with E-state index in [2.05, 4.69) is 10.4 Å². The lowest BCUT2D eigenvalue weighted by Gasteiger charge is -2.32. The summed E-state index contributed by atoms with van der Waals surface area (Å²) in [6.07, 6.45) is 1.84. The van der Waals surface area contributed by atoms with Crippen LogP contribution < -0.4 is 11.0 Å². The van der Waals surface area contributed by atoms with Crippen molar-refractivity contribution in [2.45, 2.75) is 32.2 Å². The zero-order valence-electron chi connectivity index (χ0n) is 14.1. The Hall–Kier alpha value is -2.57. The lowest BCUT2D eigenvalue weighted by atomic mass is 9.97. The van der Waals surface area contributed by atoms with Crippen molar-refractivity contribution in [2.24, 2.45) is 7.05 Å². The Kier molecular flexibility index (Phi) is 4.69. The molecule has 1 aliphatic heterocycles. The van der Waals surface area contributed by atoms with Gasteiger partial charge in [0.2, 0.25) is 0 Å². The van der Waals surface area contributed by atoms with Crippen LogP contribution in [0.4, 0.5) is 10.5 Å². The number of aromatic nitrogens is 3. The van der Waals surface area contributed by atoms with E-state index < -0.39 is 0 Å². The van der Waals surface area contributed by atoms with Crippen molar-refractivity contribution in [1.82, 2.24) is 19.2 Å². The van der Waals surface area contributed by atoms with E-state index in [1.807, 2.05) is 37.3 Å². The van der Waals surface area contributed by atoms with Gasteiger partial charge in [-0.15, -0.1) is 0 Å². The van der Waals surface area contributed by atoms with Crippen molar-refractivity contribution in [3.05, 3.63) is 46.6 Å². The number of nitrogens with one attached hydrogen (secondary N) is 1. The highest BCUT2D eigenvalue weighted by atomic mass is 16.2. The number of anilines is 1. The molecule has 3 rings (SSSR count). The number of likely N-dealkylation sites (tertiary alicyclic amines) is 1. The van der Waals surface area contributed by atoms with Crippen molar-refractivity contribution < 1.29 is 4.79 Å². The predicted octanol–water partition coefficient (Wildman–Crippen LogP) is 2.01. The fourth-order valence-electron chi connectivity index (χ4n) is 3.22. The zero-order valence-corrected chi connectivity index (χ0v) is 14.1. The van der Waals surface area contributed by atoms with Gasteiger partial charge >= 0.3 is 11.7 Å². The van der Waals surface area contributed by atoms with Crippen LogP contribution >= 0.6 is 0 Å². The van der Waals surface area contributed by atoms with E-state index in [-0.39, 0.29) is 17.6 Å². The van der Waals surface area contributed by atoms with E-state index in [4.69, 9.17) is 0 Å². The average molecular weight is 329 g/mol. The Morgan fingerprint density at radius 1 is 1.33 bits per heavy atom. The second kappa shape index (κ2) is 6.90. The van der Waals surface area contributed by atoms with Crippen molar-refractivity contribution >= 4 is 11.7 Å². The minimum absolute atomic E-state index is 0.0918. The molecule has 1 aromatic heterocycles. The molecule has 0 saturated carbocycles. The molecular weight excluding hydrogens is 306 g/mol. The molecule has 1 N–H and O–H groups in total. The molecule has 2 amide bonds. The van der Waals surface area contributed by atoms with Crippen LogP contribution in [-0.4, -0.2) is 38.4 Å². The molecule has 2 heterocycles. The van der Waals surface area contributed by atoms with Gasteiger partial charge in [-0.1, -0.05) is 18.2 Å². The molecule has 0 spiro atoms. The smallest absolute Gasteiger partial charge is 0.324 e. The quantitative estimate of drug-likeness (QED) is 0.936. The first-order valence-electron chi connectivity index (χ1n) is 8.35. The molecule has 1 unspecified atom stereocenters. The fourth-order valence-corrected chi connectivity index (χ4v) is 3.22. The van der Waals surface area contributed by atoms with Crippen molar-refractivity contribution in [3.63, 3.8) is 0 Å². The molecule has 2 aromatic rings. The van der Waals surface area contributed by atoms with E-state index in [1.165, 1.54) is 4.68 Å². The van der Waals surface area contributed by atoms with Crippen LogP contribution in [0, 0.1) is 0 Å². The number of hydrogen-bond donors (Lipinski definition) is 1. The summed E-state index contributed by atoms with van der Waals surface area (Å²) in [5, 5.41) is 7.31. The molecular formula is C17H23N5O2. The minimum Gasteiger partial charge on any atom is -0.324 e. The molecule has 0 radical (unpaired) electrons. The van der Waals surface area contributed by atoms with Gasteiger partial charge in [0.25, 0.3) is 0 Å². The van der Waals surface area contributed by atoms with Gasteiger partial charge in [-0.3, -0.25) is 4.57 Å². The van der Waals surface area contributed by atoms with Gasteiger partial charge in [-0.2, -0.15) is 5.10 Å². The number of carbonyl (C=O) groups is 1. The SMILES string of the molecule is CCn1c(C2CCCN(C(=O)Nc3ccccc3)C2)nn(C)c1=O. The maximum atomic E-state index is 12.5. The van der Waals surface area contributed by atoms with Crippen LogP contribution in [0.25, 0.3) is 0 Å². The summed E-state index contributed by atoms with van der Waals surface area (Å²) in [6.45, 7) is 3.83. The van der Waals surface area contributed by atoms with Gasteiger partial charge in [-0.05, 0) is 31.9 Å². The van der Waals surface area contributed by atoms with Crippen molar-refractivity contribution in [3.8, 4) is 0 Å². The van der Waals surface area contributed by atoms with E-state index in [1.54, 1.807) is 16.5 Å². The number of aryl methyl sites for hydroxylation is 1. The number of hydrogen-bond acceptors (Lipinski definition) is 3. The predicted molar refractivity (Wildman–Crippen MR) is 92.2 cm³/mol. The van der Waals surface area contributed by atoms with E-state index in [0.717, 1.165) is 30.9 Å². The molecule has 1 fully saturated rings. The maximum Gasteiger partial charge on any atom is 0.345 e. The molecule has 1 aromatic carbocycles. The fraction of sp³-hybridized carbons (Fsp3) is 0.471. The third-order valence-electron chi connectivity index (χ3n) is 4.45. The van der Waals surface area contributed by atoms with E-state index in [0.29, 0.717) is 13.1 Å². The number of nitrogens with zero attached hydrogens (tertiary/aromatic N) is 4. The lowest BCUT2D eigenvalue weighted by molar-refractivity contribution is 0.190. The zero-order chi connectivity index (χ0) is 17.1. The summed E-state index contributed by atoms with van der Waals surface area (Å²) >= 11 is 0. The first kappa shape index (κ1) is 16.3. The van der Waals surface area contributed by atoms with Gasteiger partial charge in [-0.25, -0.2) is 14.3 Å². The Morgan fingerprint density at radius 3 is 2.79 bits per heavy atom. The Labute approximate surface area is 140 Å². The van der Waals surface area contributed by atoms with Crippen LogP contribution in [0.2, 0.25) is 0 Å². The molecule has 128 valence electrons. The Bertz CT molecular complexity index is 765. The topological polar surface area (TPSA) is 72.2 Å². The number of urea groups is 1. The van der Waals surface area contributed by atoms with Crippen LogP contribution in [0.3, 0.4) is 0 Å². The summed E-state index contributed by atoms with van der Waals surface area (Å²) < 4.78 is 3.07. The summed E-state index contributed by atoms with van der Waals surface area (Å²) in [6, 6.07) is 9.33. The van der Waals surface area contributed by atoms with Gasteiger partial charge in [0.1, 0.15) is 5.82 Å². The van der Waals surface area contributed by atoms with Crippen molar-refractivity contribution in [1.29, 1.82) is 0 Å². The van der Waals surface area contributed by atoms with E-state index >= 15 is 0 Å². The van der Waals surface area contributed by atoms with Gasteiger partial charge in [0.05, 0.1) is 0 Å². The van der Waals surface area contributed by atoms with Crippen LogP contribution in [0.1, 0.15) is 31.5 Å². The molecule has 1 atom stereocenters. The molecule has 1 saturated heterocycles. The van der Waals surface area contributed by atoms with Gasteiger partial charge in [0.15, 0.2) is 0 Å². The van der Waals surface area contributed by atoms with Crippen LogP contribution in [0.15, 0.2) is 35.1 Å². The number of para-hydroxylation sites is 1. The highest BCUT2D eigenvalue weighted by molar-refractivity contribution is 5.89. The van der Waals surface area contributed by atoms with Gasteiger partial charge < -0.3 is 10.2 Å². The second-order valence-electron chi connectivity index (χ2n) is 6.09. The third kappa shape index (κ3) is 3.20. The van der Waals surface area contributed by atoms with Crippen LogP contribution in [-0.2, 0) is 13.6 Å². The summed E-state index contributed by atoms with van der Waals surface area (Å²) in [4.78, 5) is 26.4. The molecule has 24 heavy (non-hydrogen) atoms. The summed E-state index contributed by atoms with van der Waals surface area (Å²) in [7, 11) is 1.67. The van der Waals surface area contributed by atoms with Crippen LogP contribution in [0.5, 0.6) is 0 Å². The number of benzene rings is 1. The minimum atomic E-state index is -0.104. The largest absolute Gasteiger partial charge is 0.345 e. The second-order valence-corrected chi connectivity index (χ2v) is 6.09. The average Bonchev–Trinajstić information content (AvgIpc) is 2.90. The van der Waals surface area contributed by atoms with Crippen molar-refractivity contribution in [2.75, 3.05) is 18.4 Å². The first-order valence-corrected chi connectivity index (χ1v) is 8.35. The first-order chi connectivity index (χ1) is 11.6. The molecule has 1 aliphatic rings. The Morgan fingerprint density at radius 2 is 2.08 bits per heavy atom. The number of rotatable bonds is 3. The standard InChI is InChI=1S/C17H23N5O2/c1-3-22-15(19-20(2)17(22)24)13-8-7-11-21(12-13)16(23)18-14-9-5-4-6-10-14/h4-6,9-10,13H,3,7-8,11-12H2,1-2H3,(H,18,23). The molecule has 0 bridgehead atoms. The molecule has 7 nitrogen and oxygen atoms in total. The normalized spacial score (nSPS) is 17.8. The maximum absolute atomic E-state index is 12.5. The summed E-state index contributed by atoms with van der Waals surface area (Å²) in [5.41, 5.74) is 0.686.